The van der Waals surface area contributed by atoms with Crippen molar-refractivity contribution < 1.29 is 13.2 Å². The second kappa shape index (κ2) is 8.86. The van der Waals surface area contributed by atoms with Gasteiger partial charge in [-0.3, -0.25) is 4.79 Å². The van der Waals surface area contributed by atoms with E-state index in [1.54, 1.807) is 16.2 Å². The van der Waals surface area contributed by atoms with Crippen LogP contribution in [0.5, 0.6) is 0 Å². The van der Waals surface area contributed by atoms with E-state index in [0.717, 1.165) is 14.2 Å². The van der Waals surface area contributed by atoms with Gasteiger partial charge in [-0.15, -0.1) is 11.3 Å². The van der Waals surface area contributed by atoms with Gasteiger partial charge in [-0.05, 0) is 46.5 Å². The average molecular weight is 471 g/mol. The minimum Gasteiger partial charge on any atom is -0.340 e. The van der Waals surface area contributed by atoms with Crippen molar-refractivity contribution in [2.75, 3.05) is 20.1 Å². The van der Waals surface area contributed by atoms with Crippen molar-refractivity contribution in [3.63, 3.8) is 0 Å². The van der Waals surface area contributed by atoms with Crippen molar-refractivity contribution in [3.05, 3.63) is 56.7 Å². The molecule has 0 radical (unpaired) electrons. The zero-order chi connectivity index (χ0) is 19.4. The van der Waals surface area contributed by atoms with Crippen LogP contribution in [0.3, 0.4) is 0 Å². The van der Waals surface area contributed by atoms with Crippen LogP contribution in [0.2, 0.25) is 0 Å². The molecule has 2 heterocycles. The molecule has 0 aliphatic carbocycles. The third-order valence-electron chi connectivity index (χ3n) is 4.79. The molecule has 2 aromatic rings. The Morgan fingerprint density at radius 2 is 1.85 bits per heavy atom. The van der Waals surface area contributed by atoms with Gasteiger partial charge in [0.2, 0.25) is 15.9 Å². The summed E-state index contributed by atoms with van der Waals surface area (Å²) in [6, 6.07) is 13.2. The Bertz CT molecular complexity index is 875. The number of benzene rings is 1. The van der Waals surface area contributed by atoms with Crippen LogP contribution < -0.4 is 0 Å². The molecule has 0 unspecified atom stereocenters. The SMILES string of the molecule is CN(Cc1ccc(Br)s1)C(=O)C1CCN(S(=O)(=O)Cc2ccccc2)CC1. The molecule has 5 nitrogen and oxygen atoms in total. The molecular weight excluding hydrogens is 448 g/mol. The second-order valence-corrected chi connectivity index (χ2v) is 11.3. The Kier molecular flexibility index (Phi) is 6.73. The van der Waals surface area contributed by atoms with Crippen LogP contribution in [0.25, 0.3) is 0 Å². The van der Waals surface area contributed by atoms with Gasteiger partial charge in [-0.2, -0.15) is 0 Å². The number of nitrogens with zero attached hydrogens (tertiary/aromatic N) is 2. The maximum atomic E-state index is 12.7. The van der Waals surface area contributed by atoms with E-state index in [9.17, 15) is 13.2 Å². The van der Waals surface area contributed by atoms with Crippen molar-refractivity contribution in [2.45, 2.75) is 25.1 Å². The summed E-state index contributed by atoms with van der Waals surface area (Å²) in [6.07, 6.45) is 1.15. The third kappa shape index (κ3) is 5.40. The highest BCUT2D eigenvalue weighted by Crippen LogP contribution is 2.26. The molecule has 1 aromatic heterocycles. The summed E-state index contributed by atoms with van der Waals surface area (Å²) < 4.78 is 27.9. The maximum absolute atomic E-state index is 12.7. The summed E-state index contributed by atoms with van der Waals surface area (Å²) in [6.45, 7) is 1.40. The molecule has 27 heavy (non-hydrogen) atoms. The van der Waals surface area contributed by atoms with Crippen molar-refractivity contribution in [1.29, 1.82) is 0 Å². The lowest BCUT2D eigenvalue weighted by atomic mass is 9.96. The van der Waals surface area contributed by atoms with Crippen LogP contribution >= 0.6 is 27.3 Å². The first-order valence-electron chi connectivity index (χ1n) is 8.86. The smallest absolute Gasteiger partial charge is 0.225 e. The fourth-order valence-electron chi connectivity index (χ4n) is 3.32. The van der Waals surface area contributed by atoms with E-state index >= 15 is 0 Å². The van der Waals surface area contributed by atoms with E-state index in [0.29, 0.717) is 32.5 Å². The third-order valence-corrected chi connectivity index (χ3v) is 8.25. The minimum atomic E-state index is -3.35. The van der Waals surface area contributed by atoms with E-state index < -0.39 is 10.0 Å². The number of sulfonamides is 1. The average Bonchev–Trinajstić information content (AvgIpc) is 3.06. The Labute approximate surface area is 173 Å². The van der Waals surface area contributed by atoms with Crippen molar-refractivity contribution >= 4 is 43.2 Å². The van der Waals surface area contributed by atoms with Gasteiger partial charge < -0.3 is 4.90 Å². The number of carbonyl (C=O) groups excluding carboxylic acids is 1. The first kappa shape index (κ1) is 20.5. The van der Waals surface area contributed by atoms with Gasteiger partial charge >= 0.3 is 0 Å². The summed E-state index contributed by atoms with van der Waals surface area (Å²) in [5.74, 6) is 0.000733. The zero-order valence-electron chi connectivity index (χ0n) is 15.2. The summed E-state index contributed by atoms with van der Waals surface area (Å²) >= 11 is 5.06. The van der Waals surface area contributed by atoms with E-state index in [-0.39, 0.29) is 17.6 Å². The van der Waals surface area contributed by atoms with E-state index in [1.807, 2.05) is 49.5 Å². The number of halogens is 1. The molecule has 1 aliphatic heterocycles. The zero-order valence-corrected chi connectivity index (χ0v) is 18.4. The molecule has 8 heteroatoms. The van der Waals surface area contributed by atoms with Crippen LogP contribution in [0, 0.1) is 5.92 Å². The predicted octanol–water partition coefficient (Wildman–Crippen LogP) is 3.71. The minimum absolute atomic E-state index is 0.0135. The second-order valence-electron chi connectivity index (χ2n) is 6.82. The van der Waals surface area contributed by atoms with Gasteiger partial charge in [-0.25, -0.2) is 12.7 Å². The number of hydrogen-bond acceptors (Lipinski definition) is 4. The standard InChI is InChI=1S/C19H23BrN2O3S2/c1-21(13-17-7-8-18(20)26-17)19(23)16-9-11-22(12-10-16)27(24,25)14-15-5-3-2-4-6-15/h2-8,16H,9-14H2,1H3. The van der Waals surface area contributed by atoms with Gasteiger partial charge in [-0.1, -0.05) is 30.3 Å². The Morgan fingerprint density at radius 1 is 1.19 bits per heavy atom. The molecule has 146 valence electrons. The quantitative estimate of drug-likeness (QED) is 0.646. The summed E-state index contributed by atoms with van der Waals surface area (Å²) in [5.41, 5.74) is 0.789. The number of hydrogen-bond donors (Lipinski definition) is 0. The topological polar surface area (TPSA) is 57.7 Å². The largest absolute Gasteiger partial charge is 0.340 e. The molecule has 0 N–H and O–H groups in total. The van der Waals surface area contributed by atoms with Gasteiger partial charge in [0.05, 0.1) is 16.1 Å². The van der Waals surface area contributed by atoms with Gasteiger partial charge in [0.25, 0.3) is 0 Å². The lowest BCUT2D eigenvalue weighted by molar-refractivity contribution is -0.135. The number of thiophene rings is 1. The molecule has 0 bridgehead atoms. The number of rotatable bonds is 6. The van der Waals surface area contributed by atoms with Gasteiger partial charge in [0.15, 0.2) is 0 Å². The fourth-order valence-corrected chi connectivity index (χ4v) is 6.42. The molecule has 1 amide bonds. The normalized spacial score (nSPS) is 16.4. The van der Waals surface area contributed by atoms with E-state index in [2.05, 4.69) is 15.9 Å². The molecule has 0 saturated carbocycles. The Morgan fingerprint density at radius 3 is 2.44 bits per heavy atom. The number of carbonyl (C=O) groups is 1. The monoisotopic (exact) mass is 470 g/mol. The lowest BCUT2D eigenvalue weighted by Gasteiger charge is -2.32. The molecule has 3 rings (SSSR count). The van der Waals surface area contributed by atoms with Crippen LogP contribution in [-0.4, -0.2) is 43.7 Å². The molecule has 0 spiro atoms. The van der Waals surface area contributed by atoms with Crippen molar-refractivity contribution in [1.82, 2.24) is 9.21 Å². The van der Waals surface area contributed by atoms with Crippen LogP contribution in [0.1, 0.15) is 23.3 Å². The summed E-state index contributed by atoms with van der Waals surface area (Å²) in [5, 5.41) is 0. The van der Waals surface area contributed by atoms with Gasteiger partial charge in [0.1, 0.15) is 0 Å². The molecular formula is C19H23BrN2O3S2. The summed E-state index contributed by atoms with van der Waals surface area (Å²) in [4.78, 5) is 15.6. The molecule has 1 aromatic carbocycles. The fraction of sp³-hybridized carbons (Fsp3) is 0.421. The first-order chi connectivity index (χ1) is 12.8. The van der Waals surface area contributed by atoms with E-state index in [4.69, 9.17) is 0 Å². The van der Waals surface area contributed by atoms with Crippen molar-refractivity contribution in [3.8, 4) is 0 Å². The van der Waals surface area contributed by atoms with Crippen LogP contribution in [0.4, 0.5) is 0 Å². The summed E-state index contributed by atoms with van der Waals surface area (Å²) in [7, 11) is -1.53. The number of piperidine rings is 1. The number of amides is 1. The maximum Gasteiger partial charge on any atom is 0.225 e. The Balaban J connectivity index is 1.54. The first-order valence-corrected chi connectivity index (χ1v) is 12.1. The van der Waals surface area contributed by atoms with Gasteiger partial charge in [0, 0.05) is 30.9 Å². The Hall–Kier alpha value is -1.22. The molecule has 1 aliphatic rings. The van der Waals surface area contributed by atoms with Crippen LogP contribution in [-0.2, 0) is 27.1 Å². The predicted molar refractivity (Wildman–Crippen MR) is 112 cm³/mol. The molecule has 0 atom stereocenters. The molecule has 1 saturated heterocycles. The molecule has 1 fully saturated rings. The lowest BCUT2D eigenvalue weighted by Crippen LogP contribution is -2.43. The van der Waals surface area contributed by atoms with E-state index in [1.165, 1.54) is 4.31 Å². The van der Waals surface area contributed by atoms with Crippen molar-refractivity contribution in [2.24, 2.45) is 5.92 Å². The highest BCUT2D eigenvalue weighted by Gasteiger charge is 2.32. The highest BCUT2D eigenvalue weighted by atomic mass is 79.9. The highest BCUT2D eigenvalue weighted by molar-refractivity contribution is 9.11. The van der Waals surface area contributed by atoms with Crippen LogP contribution in [0.15, 0.2) is 46.3 Å².